The van der Waals surface area contributed by atoms with E-state index >= 15 is 0 Å². The van der Waals surface area contributed by atoms with Crippen LogP contribution in [0, 0.1) is 23.3 Å². The molecule has 2 rings (SSSR count). The minimum atomic E-state index is -2.19. The number of benzene rings is 1. The number of piperidine rings is 1. The summed E-state index contributed by atoms with van der Waals surface area (Å²) < 4.78 is 58.9. The number of hydrogen-bond donors (Lipinski definition) is 1. The van der Waals surface area contributed by atoms with Crippen LogP contribution in [0.3, 0.4) is 0 Å². The highest BCUT2D eigenvalue weighted by Crippen LogP contribution is 2.39. The van der Waals surface area contributed by atoms with Crippen LogP contribution in [0.1, 0.15) is 50.9 Å². The lowest BCUT2D eigenvalue weighted by atomic mass is 9.78. The van der Waals surface area contributed by atoms with Gasteiger partial charge < -0.3 is 9.84 Å². The van der Waals surface area contributed by atoms with Gasteiger partial charge in [0.15, 0.2) is 17.4 Å². The number of carbonyl (C=O) groups is 1. The van der Waals surface area contributed by atoms with Crippen molar-refractivity contribution in [2.24, 2.45) is 0 Å². The van der Waals surface area contributed by atoms with E-state index in [4.69, 9.17) is 4.74 Å². The van der Waals surface area contributed by atoms with E-state index in [1.807, 2.05) is 34.7 Å². The molecule has 140 valence electrons. The second-order valence-electron chi connectivity index (χ2n) is 7.60. The fourth-order valence-electron chi connectivity index (χ4n) is 3.38. The molecular weight excluding hydrogens is 342 g/mol. The molecule has 0 aromatic heterocycles. The van der Waals surface area contributed by atoms with Crippen molar-refractivity contribution in [3.8, 4) is 5.75 Å². The zero-order valence-electron chi connectivity index (χ0n) is 14.7. The zero-order chi connectivity index (χ0) is 19.3. The molecule has 0 amide bonds. The van der Waals surface area contributed by atoms with E-state index in [0.29, 0.717) is 12.8 Å². The molecule has 1 aromatic rings. The van der Waals surface area contributed by atoms with Crippen LogP contribution in [-0.2, 0) is 4.74 Å². The number of aromatic hydroxyl groups is 1. The number of rotatable bonds is 2. The van der Waals surface area contributed by atoms with Gasteiger partial charge in [-0.3, -0.25) is 4.90 Å². The summed E-state index contributed by atoms with van der Waals surface area (Å²) in [6.07, 6.45) is 0.129. The molecule has 1 aromatic carbocycles. The molecular formula is C17H21F4NO3. The Hall–Kier alpha value is -1.83. The molecule has 0 unspecified atom stereocenters. The Balaban J connectivity index is 2.33. The molecule has 1 aliphatic rings. The smallest absolute Gasteiger partial charge is 0.345 e. The van der Waals surface area contributed by atoms with Gasteiger partial charge in [-0.1, -0.05) is 0 Å². The summed E-state index contributed by atoms with van der Waals surface area (Å²) in [6.45, 7) is 7.74. The molecule has 1 N–H and O–H groups in total. The Kier molecular flexibility index (Phi) is 4.80. The molecule has 8 heteroatoms. The predicted molar refractivity (Wildman–Crippen MR) is 82.3 cm³/mol. The SMILES string of the molecule is CN1C(C)(C)CC(OC(=O)c2c(O)c(F)c(F)c(F)c2F)CC1(C)C. The summed E-state index contributed by atoms with van der Waals surface area (Å²) >= 11 is 0. The maximum Gasteiger partial charge on any atom is 0.345 e. The van der Waals surface area contributed by atoms with Crippen molar-refractivity contribution in [3.63, 3.8) is 0 Å². The van der Waals surface area contributed by atoms with Crippen LogP contribution in [0.15, 0.2) is 0 Å². The third-order valence-corrected chi connectivity index (χ3v) is 4.99. The molecule has 1 saturated heterocycles. The number of hydrogen-bond acceptors (Lipinski definition) is 4. The third kappa shape index (κ3) is 3.31. The first kappa shape index (κ1) is 19.5. The van der Waals surface area contributed by atoms with Gasteiger partial charge in [-0.2, -0.15) is 4.39 Å². The van der Waals surface area contributed by atoms with E-state index in [0.717, 1.165) is 0 Å². The van der Waals surface area contributed by atoms with Gasteiger partial charge >= 0.3 is 5.97 Å². The number of nitrogens with zero attached hydrogens (tertiary/aromatic N) is 1. The summed E-state index contributed by atoms with van der Waals surface area (Å²) in [7, 11) is 1.92. The van der Waals surface area contributed by atoms with E-state index < -0.39 is 46.7 Å². The second kappa shape index (κ2) is 6.16. The molecule has 0 radical (unpaired) electrons. The van der Waals surface area contributed by atoms with Crippen LogP contribution in [-0.4, -0.2) is 40.2 Å². The second-order valence-corrected chi connectivity index (χ2v) is 7.60. The number of halogens is 4. The Bertz CT molecular complexity index is 671. The quantitative estimate of drug-likeness (QED) is 0.376. The van der Waals surface area contributed by atoms with E-state index in [1.54, 1.807) is 0 Å². The normalized spacial score (nSPS) is 20.5. The topological polar surface area (TPSA) is 49.8 Å². The maximum absolute atomic E-state index is 13.8. The van der Waals surface area contributed by atoms with E-state index in [9.17, 15) is 27.5 Å². The highest BCUT2D eigenvalue weighted by atomic mass is 19.2. The summed E-state index contributed by atoms with van der Waals surface area (Å²) in [5.41, 5.74) is -2.05. The van der Waals surface area contributed by atoms with E-state index in [1.165, 1.54) is 0 Å². The van der Waals surface area contributed by atoms with Crippen LogP contribution in [0.2, 0.25) is 0 Å². The predicted octanol–water partition coefficient (Wildman–Crippen LogP) is 3.76. The number of likely N-dealkylation sites (tertiary alicyclic amines) is 1. The first-order chi connectivity index (χ1) is 11.3. The highest BCUT2D eigenvalue weighted by molar-refractivity contribution is 5.93. The zero-order valence-corrected chi connectivity index (χ0v) is 14.7. The van der Waals surface area contributed by atoms with Crippen LogP contribution in [0.5, 0.6) is 5.75 Å². The fourth-order valence-corrected chi connectivity index (χ4v) is 3.38. The number of ether oxygens (including phenoxy) is 1. The van der Waals surface area contributed by atoms with Crippen molar-refractivity contribution in [1.29, 1.82) is 0 Å². The molecule has 0 spiro atoms. The molecule has 0 aliphatic carbocycles. The molecule has 0 bridgehead atoms. The molecule has 4 nitrogen and oxygen atoms in total. The number of phenolic OH excluding ortho intramolecular Hbond substituents is 1. The van der Waals surface area contributed by atoms with Crippen LogP contribution >= 0.6 is 0 Å². The summed E-state index contributed by atoms with van der Waals surface area (Å²) in [4.78, 5) is 14.3. The molecule has 0 saturated carbocycles. The highest BCUT2D eigenvalue weighted by Gasteiger charge is 2.45. The monoisotopic (exact) mass is 363 g/mol. The lowest BCUT2D eigenvalue weighted by molar-refractivity contribution is -0.0734. The van der Waals surface area contributed by atoms with Gasteiger partial charge in [0.1, 0.15) is 11.7 Å². The van der Waals surface area contributed by atoms with Gasteiger partial charge in [-0.25, -0.2) is 18.0 Å². The molecule has 0 atom stereocenters. The minimum Gasteiger partial charge on any atom is -0.504 e. The largest absolute Gasteiger partial charge is 0.504 e. The Labute approximate surface area is 143 Å². The number of carbonyl (C=O) groups excluding carboxylic acids is 1. The number of esters is 1. The van der Waals surface area contributed by atoms with Gasteiger partial charge in [0, 0.05) is 23.9 Å². The van der Waals surface area contributed by atoms with Crippen molar-refractivity contribution in [2.45, 2.75) is 57.7 Å². The number of phenols is 1. The summed E-state index contributed by atoms with van der Waals surface area (Å²) in [5.74, 6) is -11.4. The lowest BCUT2D eigenvalue weighted by Crippen LogP contribution is -2.60. The molecule has 1 heterocycles. The van der Waals surface area contributed by atoms with Gasteiger partial charge in [-0.15, -0.1) is 0 Å². The van der Waals surface area contributed by atoms with Gasteiger partial charge in [0.25, 0.3) is 0 Å². The molecule has 1 aliphatic heterocycles. The van der Waals surface area contributed by atoms with Crippen LogP contribution in [0.4, 0.5) is 17.6 Å². The van der Waals surface area contributed by atoms with Crippen molar-refractivity contribution in [2.75, 3.05) is 7.05 Å². The van der Waals surface area contributed by atoms with Crippen LogP contribution in [0.25, 0.3) is 0 Å². The lowest BCUT2D eigenvalue weighted by Gasteiger charge is -2.53. The average Bonchev–Trinajstić information content (AvgIpc) is 2.48. The summed E-state index contributed by atoms with van der Waals surface area (Å²) in [6, 6.07) is 0. The van der Waals surface area contributed by atoms with Gasteiger partial charge in [0.05, 0.1) is 0 Å². The maximum atomic E-state index is 13.8. The van der Waals surface area contributed by atoms with Crippen molar-refractivity contribution >= 4 is 5.97 Å². The Morgan fingerprint density at radius 3 is 1.92 bits per heavy atom. The molecule has 25 heavy (non-hydrogen) atoms. The summed E-state index contributed by atoms with van der Waals surface area (Å²) in [5, 5.41) is 9.50. The van der Waals surface area contributed by atoms with E-state index in [2.05, 4.69) is 4.90 Å². The minimum absolute atomic E-state index is 0.355. The standard InChI is InChI=1S/C17H21F4NO3/c1-16(2)6-8(7-17(3,4)22(16)5)25-15(24)9-10(18)11(19)12(20)13(21)14(9)23/h8,23H,6-7H2,1-5H3. The third-order valence-electron chi connectivity index (χ3n) is 4.99. The first-order valence-electron chi connectivity index (χ1n) is 7.79. The van der Waals surface area contributed by atoms with Gasteiger partial charge in [0.2, 0.25) is 11.6 Å². The molecule has 1 fully saturated rings. The fraction of sp³-hybridized carbons (Fsp3) is 0.588. The van der Waals surface area contributed by atoms with E-state index in [-0.39, 0.29) is 11.1 Å². The Morgan fingerprint density at radius 1 is 1.00 bits per heavy atom. The van der Waals surface area contributed by atoms with Crippen LogP contribution < -0.4 is 0 Å². The van der Waals surface area contributed by atoms with Gasteiger partial charge in [-0.05, 0) is 34.7 Å². The average molecular weight is 363 g/mol. The van der Waals surface area contributed by atoms with Crippen molar-refractivity contribution in [1.82, 2.24) is 4.90 Å². The van der Waals surface area contributed by atoms with Crippen molar-refractivity contribution in [3.05, 3.63) is 28.8 Å². The Morgan fingerprint density at radius 2 is 1.44 bits per heavy atom. The van der Waals surface area contributed by atoms with Crippen molar-refractivity contribution < 1.29 is 32.2 Å². The first-order valence-corrected chi connectivity index (χ1v) is 7.79.